The number of aliphatic carboxylic acids is 3. The van der Waals surface area contributed by atoms with Crippen molar-refractivity contribution in [2.45, 2.75) is 96.9 Å². The number of methoxy groups -OCH3 is 1. The monoisotopic (exact) mass is 648 g/mol. The Morgan fingerprint density at radius 3 is 2.05 bits per heavy atom. The van der Waals surface area contributed by atoms with Gasteiger partial charge in [0, 0.05) is 19.1 Å². The van der Waals surface area contributed by atoms with Crippen LogP contribution in [0.4, 0.5) is 0 Å². The second kappa shape index (κ2) is 18.9. The molecule has 10 nitrogen and oxygen atoms in total. The first-order valence-electron chi connectivity index (χ1n) is 15.3. The van der Waals surface area contributed by atoms with Gasteiger partial charge in [0.2, 0.25) is 0 Å². The fourth-order valence-corrected chi connectivity index (χ4v) is 9.92. The van der Waals surface area contributed by atoms with Crippen LogP contribution in [0, 0.1) is 46.3 Å². The van der Waals surface area contributed by atoms with Crippen molar-refractivity contribution in [1.29, 1.82) is 0 Å². The Morgan fingerprint density at radius 2 is 1.43 bits per heavy atom. The molecule has 0 aromatic heterocycles. The molecule has 4 aliphatic carbocycles. The van der Waals surface area contributed by atoms with Crippen molar-refractivity contribution in [2.75, 3.05) is 33.5 Å². The van der Waals surface area contributed by atoms with Gasteiger partial charge in [-0.3, -0.25) is 0 Å². The Balaban J connectivity index is 0.00000323. The van der Waals surface area contributed by atoms with Gasteiger partial charge < -0.3 is 48.7 Å². The molecule has 4 fully saturated rings. The minimum absolute atomic E-state index is 0. The largest absolute Gasteiger partial charge is 1.00 e. The molecule has 0 radical (unpaired) electrons. The van der Waals surface area contributed by atoms with E-state index in [0.717, 1.165) is 38.5 Å². The number of carbonyl (C=O) groups excluding carboxylic acids is 3. The summed E-state index contributed by atoms with van der Waals surface area (Å²) in [6, 6.07) is 0. The minimum Gasteiger partial charge on any atom is -0.548 e. The molecule has 0 N–H and O–H groups in total. The first-order valence-corrected chi connectivity index (χ1v) is 15.3. The van der Waals surface area contributed by atoms with E-state index in [1.165, 1.54) is 0 Å². The normalized spacial score (nSPS) is 37.9. The van der Waals surface area contributed by atoms with E-state index in [4.69, 9.17) is 18.9 Å². The van der Waals surface area contributed by atoms with Crippen LogP contribution in [0.25, 0.3) is 0 Å². The van der Waals surface area contributed by atoms with E-state index in [1.807, 2.05) is 0 Å². The SMILES string of the molecule is COCCC[C@@H](C)[C@H]1CC[C@H]2[C@@H]3[C@H](OCC(=O)[O-])C[C@@H]4C[C@H](OCC(=O)[O-])CC[C@]4(C)[C@H]3C[C@H](OCC(=O)[O-])[C@]12C.[Na+].[Na+].[Na+]. The van der Waals surface area contributed by atoms with Gasteiger partial charge in [0.05, 0.1) is 56.0 Å². The van der Waals surface area contributed by atoms with Gasteiger partial charge in [-0.1, -0.05) is 20.8 Å². The van der Waals surface area contributed by atoms with Gasteiger partial charge in [0.25, 0.3) is 0 Å². The van der Waals surface area contributed by atoms with E-state index < -0.39 is 37.7 Å². The van der Waals surface area contributed by atoms with Crippen LogP contribution in [-0.2, 0) is 33.3 Å². The van der Waals surface area contributed by atoms with Crippen LogP contribution in [0.5, 0.6) is 0 Å². The number of fused-ring (bicyclic) bond motifs is 5. The average Bonchev–Trinajstić information content (AvgIpc) is 3.27. The third kappa shape index (κ3) is 9.48. The van der Waals surface area contributed by atoms with Crippen molar-refractivity contribution in [2.24, 2.45) is 46.3 Å². The summed E-state index contributed by atoms with van der Waals surface area (Å²) in [5.41, 5.74) is -0.426. The Bertz CT molecular complexity index is 956. The summed E-state index contributed by atoms with van der Waals surface area (Å²) in [5.74, 6) is -2.49. The molecule has 4 aliphatic rings. The Kier molecular flexibility index (Phi) is 18.5. The molecule has 13 heteroatoms. The van der Waals surface area contributed by atoms with Crippen LogP contribution in [-0.4, -0.2) is 69.8 Å². The van der Waals surface area contributed by atoms with Crippen molar-refractivity contribution in [3.63, 3.8) is 0 Å². The molecule has 4 rings (SSSR count). The number of ether oxygens (including phenoxy) is 4. The van der Waals surface area contributed by atoms with Crippen LogP contribution in [0.15, 0.2) is 0 Å². The molecule has 4 saturated carbocycles. The van der Waals surface area contributed by atoms with Gasteiger partial charge in [0.15, 0.2) is 0 Å². The maximum Gasteiger partial charge on any atom is 1.00 e. The number of hydrogen-bond donors (Lipinski definition) is 0. The molecule has 234 valence electrons. The summed E-state index contributed by atoms with van der Waals surface area (Å²) in [6.45, 7) is 6.12. The quantitative estimate of drug-likeness (QED) is 0.131. The summed E-state index contributed by atoms with van der Waals surface area (Å²) >= 11 is 0. The fraction of sp³-hybridized carbons (Fsp3) is 0.903. The van der Waals surface area contributed by atoms with Crippen LogP contribution in [0.3, 0.4) is 0 Å². The third-order valence-electron chi connectivity index (χ3n) is 11.7. The van der Waals surface area contributed by atoms with Gasteiger partial charge in [0.1, 0.15) is 0 Å². The summed E-state index contributed by atoms with van der Waals surface area (Å²) in [5, 5.41) is 34.1. The van der Waals surface area contributed by atoms with E-state index in [1.54, 1.807) is 7.11 Å². The van der Waals surface area contributed by atoms with E-state index in [-0.39, 0.29) is 141 Å². The van der Waals surface area contributed by atoms with Crippen molar-refractivity contribution >= 4 is 17.9 Å². The standard InChI is InChI=1S/C31H50O10.3Na/c1-18(6-5-11-38-4)21-7-8-22-29-23(14-25(31(21,22)3)41-17-28(36)37)30(2)10-9-20(39-15-26(32)33)12-19(30)13-24(29)40-16-27(34)35;;;/h18-25,29H,5-17H2,1-4H3,(H,32,33)(H,34,35)(H,36,37);;;/q;3*+1/p-3/t18-,19+,20-,21-,22+,23+,24-,25+,29+,30+,31-;;;/m1.../s1. The fourth-order valence-electron chi connectivity index (χ4n) is 9.92. The second-order valence-electron chi connectivity index (χ2n) is 13.6. The Morgan fingerprint density at radius 1 is 0.818 bits per heavy atom. The molecule has 0 bridgehead atoms. The molecule has 44 heavy (non-hydrogen) atoms. The summed E-state index contributed by atoms with van der Waals surface area (Å²) in [7, 11) is 1.70. The van der Waals surface area contributed by atoms with Crippen LogP contribution >= 0.6 is 0 Å². The summed E-state index contributed by atoms with van der Waals surface area (Å²) in [6.07, 6.45) is 6.63. The van der Waals surface area contributed by atoms with Crippen molar-refractivity contribution in [3.05, 3.63) is 0 Å². The maximum absolute atomic E-state index is 11.6. The van der Waals surface area contributed by atoms with Gasteiger partial charge in [-0.15, -0.1) is 0 Å². The van der Waals surface area contributed by atoms with Crippen LogP contribution in [0.1, 0.15) is 78.6 Å². The molecule has 0 aromatic carbocycles. The van der Waals surface area contributed by atoms with Crippen molar-refractivity contribution < 1.29 is 137 Å². The van der Waals surface area contributed by atoms with Gasteiger partial charge in [-0.25, -0.2) is 0 Å². The number of carbonyl (C=O) groups is 3. The van der Waals surface area contributed by atoms with E-state index in [0.29, 0.717) is 37.7 Å². The zero-order valence-electron chi connectivity index (χ0n) is 28.0. The molecular formula is C31H47Na3O10. The molecule has 0 heterocycles. The maximum atomic E-state index is 11.6. The smallest absolute Gasteiger partial charge is 0.548 e. The van der Waals surface area contributed by atoms with Crippen molar-refractivity contribution in [3.8, 4) is 0 Å². The Labute approximate surface area is 328 Å². The molecule has 0 aromatic rings. The molecule has 11 atom stereocenters. The molecule has 0 aliphatic heterocycles. The second-order valence-corrected chi connectivity index (χ2v) is 13.6. The van der Waals surface area contributed by atoms with Crippen LogP contribution < -0.4 is 104 Å². The average molecular weight is 649 g/mol. The predicted octanol–water partition coefficient (Wildman–Crippen LogP) is -8.65. The van der Waals surface area contributed by atoms with E-state index >= 15 is 0 Å². The van der Waals surface area contributed by atoms with Crippen LogP contribution in [0.2, 0.25) is 0 Å². The first kappa shape index (κ1) is 43.3. The van der Waals surface area contributed by atoms with Gasteiger partial charge >= 0.3 is 88.7 Å². The van der Waals surface area contributed by atoms with E-state index in [9.17, 15) is 29.7 Å². The minimum atomic E-state index is -1.25. The number of carboxylic acids is 3. The molecule has 0 amide bonds. The molecular weight excluding hydrogens is 601 g/mol. The number of carboxylic acid groups (broad SMARTS) is 3. The summed E-state index contributed by atoms with van der Waals surface area (Å²) < 4.78 is 23.3. The topological polar surface area (TPSA) is 157 Å². The van der Waals surface area contributed by atoms with Crippen molar-refractivity contribution in [1.82, 2.24) is 0 Å². The van der Waals surface area contributed by atoms with Gasteiger partial charge in [-0.2, -0.15) is 0 Å². The zero-order valence-corrected chi connectivity index (χ0v) is 34.0. The third-order valence-corrected chi connectivity index (χ3v) is 11.7. The first-order chi connectivity index (χ1) is 19.4. The number of rotatable bonds is 14. The summed E-state index contributed by atoms with van der Waals surface area (Å²) in [4.78, 5) is 34.1. The molecule has 0 spiro atoms. The van der Waals surface area contributed by atoms with E-state index in [2.05, 4.69) is 20.8 Å². The zero-order chi connectivity index (χ0) is 29.9. The molecule has 0 saturated heterocycles. The molecule has 0 unspecified atom stereocenters. The Hall–Kier alpha value is 1.25. The predicted molar refractivity (Wildman–Crippen MR) is 140 cm³/mol. The number of hydrogen-bond acceptors (Lipinski definition) is 10. The van der Waals surface area contributed by atoms with Gasteiger partial charge in [-0.05, 0) is 98.7 Å².